The topological polar surface area (TPSA) is 21.3 Å². The van der Waals surface area contributed by atoms with Crippen LogP contribution in [0.1, 0.15) is 46.0 Å². The second-order valence-electron chi connectivity index (χ2n) is 5.24. The fourth-order valence-electron chi connectivity index (χ4n) is 3.14. The van der Waals surface area contributed by atoms with E-state index in [1.54, 1.807) is 0 Å². The molecule has 1 saturated heterocycles. The molecule has 2 fully saturated rings. The Balaban J connectivity index is 1.72. The van der Waals surface area contributed by atoms with Crippen molar-refractivity contribution in [3.8, 4) is 0 Å². The van der Waals surface area contributed by atoms with Crippen LogP contribution in [0.3, 0.4) is 0 Å². The average molecular weight is 211 g/mol. The highest BCUT2D eigenvalue weighted by atomic mass is 16.5. The normalized spacial score (nSPS) is 41.2. The molecule has 0 bridgehead atoms. The van der Waals surface area contributed by atoms with E-state index in [1.165, 1.54) is 38.6 Å². The second kappa shape index (κ2) is 5.31. The zero-order chi connectivity index (χ0) is 10.7. The van der Waals surface area contributed by atoms with Gasteiger partial charge in [0.25, 0.3) is 0 Å². The Morgan fingerprint density at radius 3 is 2.73 bits per heavy atom. The first-order chi connectivity index (χ1) is 7.31. The molecular weight excluding hydrogens is 186 g/mol. The maximum Gasteiger partial charge on any atom is 0.0588 e. The third kappa shape index (κ3) is 2.73. The summed E-state index contributed by atoms with van der Waals surface area (Å²) < 4.78 is 5.59. The molecule has 1 aliphatic carbocycles. The monoisotopic (exact) mass is 211 g/mol. The predicted molar refractivity (Wildman–Crippen MR) is 62.9 cm³/mol. The van der Waals surface area contributed by atoms with Gasteiger partial charge in [-0.3, -0.25) is 0 Å². The number of nitrogens with one attached hydrogen (secondary N) is 1. The molecule has 2 nitrogen and oxygen atoms in total. The number of hydrogen-bond donors (Lipinski definition) is 1. The van der Waals surface area contributed by atoms with Gasteiger partial charge >= 0.3 is 0 Å². The van der Waals surface area contributed by atoms with Gasteiger partial charge in [-0.05, 0) is 38.0 Å². The first-order valence-corrected chi connectivity index (χ1v) is 6.66. The summed E-state index contributed by atoms with van der Waals surface area (Å²) in [6, 6.07) is 0.794. The third-order valence-electron chi connectivity index (χ3n) is 4.36. The van der Waals surface area contributed by atoms with Crippen molar-refractivity contribution < 1.29 is 4.74 Å². The molecule has 88 valence electrons. The summed E-state index contributed by atoms with van der Waals surface area (Å²) in [5.41, 5.74) is 0. The highest BCUT2D eigenvalue weighted by Crippen LogP contribution is 2.29. The van der Waals surface area contributed by atoms with Crippen molar-refractivity contribution in [3.63, 3.8) is 0 Å². The van der Waals surface area contributed by atoms with Gasteiger partial charge in [0.05, 0.1) is 6.10 Å². The van der Waals surface area contributed by atoms with Crippen molar-refractivity contribution in [3.05, 3.63) is 0 Å². The molecule has 1 saturated carbocycles. The second-order valence-corrected chi connectivity index (χ2v) is 5.24. The lowest BCUT2D eigenvalue weighted by Gasteiger charge is -2.23. The third-order valence-corrected chi connectivity index (χ3v) is 4.36. The average Bonchev–Trinajstić information content (AvgIpc) is 2.83. The standard InChI is InChI=1S/C13H25NO/c1-3-11-5-4-6-13(11)14-9-12-7-8-15-10(12)2/h10-14H,3-9H2,1-2H3. The number of rotatable bonds is 4. The van der Waals surface area contributed by atoms with Crippen LogP contribution in [0.25, 0.3) is 0 Å². The molecule has 0 spiro atoms. The Bertz CT molecular complexity index is 195. The van der Waals surface area contributed by atoms with Crippen molar-refractivity contribution in [2.45, 2.75) is 58.1 Å². The van der Waals surface area contributed by atoms with Crippen molar-refractivity contribution in [1.82, 2.24) is 5.32 Å². The van der Waals surface area contributed by atoms with Crippen LogP contribution in [0.2, 0.25) is 0 Å². The molecule has 0 aromatic heterocycles. The smallest absolute Gasteiger partial charge is 0.0588 e. The molecule has 4 unspecified atom stereocenters. The van der Waals surface area contributed by atoms with Gasteiger partial charge in [-0.1, -0.05) is 19.8 Å². The molecular formula is C13H25NO. The highest BCUT2D eigenvalue weighted by molar-refractivity contribution is 4.84. The zero-order valence-electron chi connectivity index (χ0n) is 10.2. The summed E-state index contributed by atoms with van der Waals surface area (Å²) in [5.74, 6) is 1.69. The van der Waals surface area contributed by atoms with Crippen LogP contribution in [0.4, 0.5) is 0 Å². The molecule has 1 aliphatic heterocycles. The molecule has 1 N–H and O–H groups in total. The first-order valence-electron chi connectivity index (χ1n) is 6.66. The Kier molecular flexibility index (Phi) is 4.04. The van der Waals surface area contributed by atoms with Crippen molar-refractivity contribution in [1.29, 1.82) is 0 Å². The first kappa shape index (κ1) is 11.4. The van der Waals surface area contributed by atoms with Crippen LogP contribution in [-0.2, 0) is 4.74 Å². The van der Waals surface area contributed by atoms with Crippen LogP contribution < -0.4 is 5.32 Å². The van der Waals surface area contributed by atoms with Crippen LogP contribution in [0.5, 0.6) is 0 Å². The largest absolute Gasteiger partial charge is 0.378 e. The summed E-state index contributed by atoms with van der Waals surface area (Å²) in [7, 11) is 0. The minimum Gasteiger partial charge on any atom is -0.378 e. The van der Waals surface area contributed by atoms with Gasteiger partial charge in [0.2, 0.25) is 0 Å². The van der Waals surface area contributed by atoms with Gasteiger partial charge in [-0.2, -0.15) is 0 Å². The molecule has 4 atom stereocenters. The SMILES string of the molecule is CCC1CCCC1NCC1CCOC1C. The highest BCUT2D eigenvalue weighted by Gasteiger charge is 2.28. The van der Waals surface area contributed by atoms with Crippen LogP contribution in [-0.4, -0.2) is 25.3 Å². The number of ether oxygens (including phenoxy) is 1. The quantitative estimate of drug-likeness (QED) is 0.771. The van der Waals surface area contributed by atoms with Crippen molar-refractivity contribution >= 4 is 0 Å². The minimum absolute atomic E-state index is 0.471. The van der Waals surface area contributed by atoms with Gasteiger partial charge in [0.15, 0.2) is 0 Å². The predicted octanol–water partition coefficient (Wildman–Crippen LogP) is 2.58. The van der Waals surface area contributed by atoms with Gasteiger partial charge in [0, 0.05) is 19.2 Å². The molecule has 2 rings (SSSR count). The van der Waals surface area contributed by atoms with E-state index in [0.29, 0.717) is 6.10 Å². The van der Waals surface area contributed by atoms with E-state index >= 15 is 0 Å². The molecule has 0 radical (unpaired) electrons. The van der Waals surface area contributed by atoms with Crippen LogP contribution in [0, 0.1) is 11.8 Å². The van der Waals surface area contributed by atoms with Crippen molar-refractivity contribution in [2.24, 2.45) is 11.8 Å². The van der Waals surface area contributed by atoms with Crippen LogP contribution >= 0.6 is 0 Å². The Labute approximate surface area is 93.8 Å². The molecule has 0 amide bonds. The molecule has 0 aromatic rings. The van der Waals surface area contributed by atoms with Crippen LogP contribution in [0.15, 0.2) is 0 Å². The minimum atomic E-state index is 0.471. The Morgan fingerprint density at radius 1 is 1.20 bits per heavy atom. The fourth-order valence-corrected chi connectivity index (χ4v) is 3.14. The Hall–Kier alpha value is -0.0800. The van der Waals surface area contributed by atoms with Gasteiger partial charge in [-0.15, -0.1) is 0 Å². The maximum absolute atomic E-state index is 5.59. The molecule has 1 heterocycles. The Morgan fingerprint density at radius 2 is 2.07 bits per heavy atom. The van der Waals surface area contributed by atoms with E-state index in [4.69, 9.17) is 4.74 Å². The van der Waals surface area contributed by atoms with E-state index < -0.39 is 0 Å². The van der Waals surface area contributed by atoms with Gasteiger partial charge in [0.1, 0.15) is 0 Å². The molecule has 2 aliphatic rings. The lowest BCUT2D eigenvalue weighted by atomic mass is 9.98. The van der Waals surface area contributed by atoms with Gasteiger partial charge in [-0.25, -0.2) is 0 Å². The summed E-state index contributed by atoms with van der Waals surface area (Å²) in [6.45, 7) is 6.68. The molecule has 2 heteroatoms. The molecule has 0 aromatic carbocycles. The maximum atomic E-state index is 5.59. The number of hydrogen-bond acceptors (Lipinski definition) is 2. The van der Waals surface area contributed by atoms with Crippen molar-refractivity contribution in [2.75, 3.05) is 13.2 Å². The van der Waals surface area contributed by atoms with E-state index in [1.807, 2.05) is 0 Å². The fraction of sp³-hybridized carbons (Fsp3) is 1.00. The summed E-state index contributed by atoms with van der Waals surface area (Å²) in [5, 5.41) is 3.77. The lowest BCUT2D eigenvalue weighted by Crippen LogP contribution is -2.37. The lowest BCUT2D eigenvalue weighted by molar-refractivity contribution is 0.104. The summed E-state index contributed by atoms with van der Waals surface area (Å²) in [6.07, 6.45) is 7.31. The molecule has 15 heavy (non-hydrogen) atoms. The zero-order valence-corrected chi connectivity index (χ0v) is 10.2. The van der Waals surface area contributed by atoms with E-state index in [0.717, 1.165) is 24.5 Å². The van der Waals surface area contributed by atoms with E-state index in [-0.39, 0.29) is 0 Å². The van der Waals surface area contributed by atoms with E-state index in [2.05, 4.69) is 19.2 Å². The summed E-state index contributed by atoms with van der Waals surface area (Å²) in [4.78, 5) is 0. The van der Waals surface area contributed by atoms with Gasteiger partial charge < -0.3 is 10.1 Å². The summed E-state index contributed by atoms with van der Waals surface area (Å²) >= 11 is 0. The van der Waals surface area contributed by atoms with E-state index in [9.17, 15) is 0 Å².